The number of ether oxygens (including phenoxy) is 1. The van der Waals surface area contributed by atoms with Gasteiger partial charge in [-0.2, -0.15) is 0 Å². The highest BCUT2D eigenvalue weighted by atomic mass is 19.1. The number of fused-ring (bicyclic) bond motifs is 1. The van der Waals surface area contributed by atoms with Crippen LogP contribution in [0.25, 0.3) is 0 Å². The highest BCUT2D eigenvalue weighted by Gasteiger charge is 2.23. The first-order valence-electron chi connectivity index (χ1n) is 6.37. The fourth-order valence-electron chi connectivity index (χ4n) is 2.09. The number of amides is 2. The summed E-state index contributed by atoms with van der Waals surface area (Å²) in [5.74, 6) is -2.68. The van der Waals surface area contributed by atoms with Crippen LogP contribution >= 0.6 is 0 Å². The van der Waals surface area contributed by atoms with Gasteiger partial charge in [0.1, 0.15) is 17.3 Å². The van der Waals surface area contributed by atoms with Crippen LogP contribution in [0.3, 0.4) is 0 Å². The summed E-state index contributed by atoms with van der Waals surface area (Å²) in [5, 5.41) is 4.72. The Hall–Kier alpha value is -2.96. The van der Waals surface area contributed by atoms with E-state index >= 15 is 0 Å². The maximum atomic E-state index is 13.6. The van der Waals surface area contributed by atoms with Crippen molar-refractivity contribution in [3.05, 3.63) is 53.6 Å². The third-order valence-electron chi connectivity index (χ3n) is 3.08. The highest BCUT2D eigenvalue weighted by Crippen LogP contribution is 2.32. The minimum atomic E-state index is -0.882. The molecule has 0 aliphatic carbocycles. The molecule has 112 valence electrons. The standard InChI is InChI=1S/C15H10F2N2O3/c16-9-4-2-5-10(17)13(9)19-15(21)8-3-1-6-11-14(8)22-7-12(20)18-11/h1-6H,7H2,(H,18,20)(H,19,21). The van der Waals surface area contributed by atoms with E-state index in [1.807, 2.05) is 0 Å². The fraction of sp³-hybridized carbons (Fsp3) is 0.0667. The molecule has 0 fully saturated rings. The second-order valence-corrected chi connectivity index (χ2v) is 4.57. The predicted molar refractivity (Wildman–Crippen MR) is 74.9 cm³/mol. The molecule has 0 spiro atoms. The van der Waals surface area contributed by atoms with Crippen LogP contribution in [0.2, 0.25) is 0 Å². The molecule has 5 nitrogen and oxygen atoms in total. The highest BCUT2D eigenvalue weighted by molar-refractivity contribution is 6.09. The molecule has 0 radical (unpaired) electrons. The normalized spacial score (nSPS) is 12.9. The van der Waals surface area contributed by atoms with E-state index in [9.17, 15) is 18.4 Å². The van der Waals surface area contributed by atoms with Crippen LogP contribution in [0.15, 0.2) is 36.4 Å². The molecule has 22 heavy (non-hydrogen) atoms. The van der Waals surface area contributed by atoms with Crippen molar-refractivity contribution in [1.82, 2.24) is 0 Å². The Balaban J connectivity index is 1.94. The van der Waals surface area contributed by atoms with Crippen LogP contribution in [0.4, 0.5) is 20.2 Å². The van der Waals surface area contributed by atoms with Crippen molar-refractivity contribution in [1.29, 1.82) is 0 Å². The smallest absolute Gasteiger partial charge is 0.262 e. The number of benzene rings is 2. The van der Waals surface area contributed by atoms with Gasteiger partial charge in [-0.3, -0.25) is 9.59 Å². The SMILES string of the molecule is O=C1COc2c(cccc2C(=O)Nc2c(F)cccc2F)N1. The summed E-state index contributed by atoms with van der Waals surface area (Å²) in [4.78, 5) is 23.5. The monoisotopic (exact) mass is 304 g/mol. The van der Waals surface area contributed by atoms with Crippen LogP contribution in [0.5, 0.6) is 5.75 Å². The first-order chi connectivity index (χ1) is 10.6. The maximum Gasteiger partial charge on any atom is 0.262 e. The van der Waals surface area contributed by atoms with Gasteiger partial charge >= 0.3 is 0 Å². The van der Waals surface area contributed by atoms with Crippen molar-refractivity contribution in [3.8, 4) is 5.75 Å². The van der Waals surface area contributed by atoms with Gasteiger partial charge in [0.2, 0.25) is 0 Å². The topological polar surface area (TPSA) is 67.4 Å². The first kappa shape index (κ1) is 14.0. The number of anilines is 2. The molecule has 2 aromatic carbocycles. The number of halogens is 2. The van der Waals surface area contributed by atoms with Crippen LogP contribution < -0.4 is 15.4 Å². The number of carbonyl (C=O) groups excluding carboxylic acids is 2. The fourth-order valence-corrected chi connectivity index (χ4v) is 2.09. The lowest BCUT2D eigenvalue weighted by molar-refractivity contribution is -0.118. The van der Waals surface area contributed by atoms with Crippen LogP contribution in [-0.2, 0) is 4.79 Å². The minimum absolute atomic E-state index is 0.0696. The maximum absolute atomic E-state index is 13.6. The Bertz CT molecular complexity index is 757. The first-order valence-corrected chi connectivity index (χ1v) is 6.37. The van der Waals surface area contributed by atoms with Crippen molar-refractivity contribution in [3.63, 3.8) is 0 Å². The number of hydrogen-bond acceptors (Lipinski definition) is 3. The molecule has 0 saturated carbocycles. The van der Waals surface area contributed by atoms with Gasteiger partial charge in [0, 0.05) is 0 Å². The minimum Gasteiger partial charge on any atom is -0.481 e. The number of carbonyl (C=O) groups is 2. The largest absolute Gasteiger partial charge is 0.481 e. The van der Waals surface area contributed by atoms with E-state index < -0.39 is 23.2 Å². The van der Waals surface area contributed by atoms with Gasteiger partial charge in [-0.15, -0.1) is 0 Å². The lowest BCUT2D eigenvalue weighted by atomic mass is 10.1. The number of para-hydroxylation sites is 2. The predicted octanol–water partition coefficient (Wildman–Crippen LogP) is 2.55. The molecule has 0 bridgehead atoms. The van der Waals surface area contributed by atoms with Gasteiger partial charge in [-0.05, 0) is 24.3 Å². The Morgan fingerprint density at radius 3 is 2.55 bits per heavy atom. The molecular formula is C15H10F2N2O3. The van der Waals surface area contributed by atoms with E-state index in [4.69, 9.17) is 4.74 Å². The zero-order valence-electron chi connectivity index (χ0n) is 11.2. The third kappa shape index (κ3) is 2.48. The van der Waals surface area contributed by atoms with Crippen molar-refractivity contribution in [2.45, 2.75) is 0 Å². The summed E-state index contributed by atoms with van der Waals surface area (Å²) < 4.78 is 32.4. The van der Waals surface area contributed by atoms with Crippen molar-refractivity contribution < 1.29 is 23.1 Å². The third-order valence-corrected chi connectivity index (χ3v) is 3.08. The quantitative estimate of drug-likeness (QED) is 0.896. The lowest BCUT2D eigenvalue weighted by Gasteiger charge is -2.20. The van der Waals surface area contributed by atoms with Gasteiger partial charge in [0.05, 0.1) is 11.3 Å². The molecule has 7 heteroatoms. The number of hydrogen-bond donors (Lipinski definition) is 2. The van der Waals surface area contributed by atoms with Crippen molar-refractivity contribution >= 4 is 23.2 Å². The van der Waals surface area contributed by atoms with Gasteiger partial charge < -0.3 is 15.4 Å². The zero-order valence-corrected chi connectivity index (χ0v) is 11.2. The van der Waals surface area contributed by atoms with E-state index in [-0.39, 0.29) is 23.8 Å². The molecular weight excluding hydrogens is 294 g/mol. The Kier molecular flexibility index (Phi) is 3.46. The summed E-state index contributed by atoms with van der Waals surface area (Å²) in [7, 11) is 0. The zero-order chi connectivity index (χ0) is 15.7. The average molecular weight is 304 g/mol. The molecule has 0 unspecified atom stereocenters. The molecule has 1 heterocycles. The summed E-state index contributed by atoms with van der Waals surface area (Å²) in [6.45, 7) is -0.231. The van der Waals surface area contributed by atoms with Gasteiger partial charge in [0.25, 0.3) is 11.8 Å². The summed E-state index contributed by atoms with van der Waals surface area (Å²) >= 11 is 0. The molecule has 0 aromatic heterocycles. The lowest BCUT2D eigenvalue weighted by Crippen LogP contribution is -2.27. The summed E-state index contributed by atoms with van der Waals surface area (Å²) in [6, 6.07) is 7.80. The Morgan fingerprint density at radius 2 is 1.82 bits per heavy atom. The van der Waals surface area contributed by atoms with E-state index in [1.165, 1.54) is 18.2 Å². The summed E-state index contributed by atoms with van der Waals surface area (Å²) in [5.41, 5.74) is -0.136. The summed E-state index contributed by atoms with van der Waals surface area (Å²) in [6.07, 6.45) is 0. The van der Waals surface area contributed by atoms with E-state index in [0.717, 1.165) is 12.1 Å². The van der Waals surface area contributed by atoms with E-state index in [0.29, 0.717) is 5.69 Å². The molecule has 2 amide bonds. The van der Waals surface area contributed by atoms with E-state index in [1.54, 1.807) is 6.07 Å². The Morgan fingerprint density at radius 1 is 1.14 bits per heavy atom. The molecule has 1 aliphatic heterocycles. The van der Waals surface area contributed by atoms with Gasteiger partial charge in [-0.1, -0.05) is 12.1 Å². The van der Waals surface area contributed by atoms with Gasteiger partial charge in [-0.25, -0.2) is 8.78 Å². The second kappa shape index (κ2) is 5.44. The molecule has 1 aliphatic rings. The van der Waals surface area contributed by atoms with Crippen molar-refractivity contribution in [2.75, 3.05) is 17.2 Å². The van der Waals surface area contributed by atoms with Crippen molar-refractivity contribution in [2.24, 2.45) is 0 Å². The second-order valence-electron chi connectivity index (χ2n) is 4.57. The number of rotatable bonds is 2. The molecule has 0 atom stereocenters. The van der Waals surface area contributed by atoms with Gasteiger partial charge in [0.15, 0.2) is 12.4 Å². The molecule has 0 saturated heterocycles. The molecule has 2 N–H and O–H groups in total. The number of nitrogens with one attached hydrogen (secondary N) is 2. The average Bonchev–Trinajstić information content (AvgIpc) is 2.50. The molecule has 3 rings (SSSR count). The van der Waals surface area contributed by atoms with Crippen LogP contribution in [-0.4, -0.2) is 18.4 Å². The Labute approximate surface area is 123 Å². The van der Waals surface area contributed by atoms with Crippen LogP contribution in [0.1, 0.15) is 10.4 Å². The van der Waals surface area contributed by atoms with Crippen LogP contribution in [0, 0.1) is 11.6 Å². The van der Waals surface area contributed by atoms with E-state index in [2.05, 4.69) is 10.6 Å². The molecule has 2 aromatic rings.